The molecule has 106 valence electrons. The van der Waals surface area contributed by atoms with Crippen molar-refractivity contribution in [3.8, 4) is 0 Å². The molecule has 1 N–H and O–H groups in total. The standard InChI is InChI=1S/C15H18N2O2S/c1-2-20-13-6-4-3-5-11(13)16-12-9-14(18)17(15(12)19)10-7-8-10/h3-6,10,12,16H,2,7-9H2,1H3. The molecule has 1 atom stereocenters. The Balaban J connectivity index is 1.75. The quantitative estimate of drug-likeness (QED) is 0.668. The van der Waals surface area contributed by atoms with E-state index in [1.165, 1.54) is 4.90 Å². The van der Waals surface area contributed by atoms with Crippen LogP contribution in [0.4, 0.5) is 5.69 Å². The van der Waals surface area contributed by atoms with Gasteiger partial charge in [0.1, 0.15) is 6.04 Å². The monoisotopic (exact) mass is 290 g/mol. The summed E-state index contributed by atoms with van der Waals surface area (Å²) in [6, 6.07) is 7.71. The smallest absolute Gasteiger partial charge is 0.252 e. The number of imide groups is 1. The van der Waals surface area contributed by atoms with Gasteiger partial charge in [0.15, 0.2) is 0 Å². The zero-order valence-electron chi connectivity index (χ0n) is 11.5. The molecule has 0 spiro atoms. The Labute approximate surface area is 122 Å². The molecule has 0 bridgehead atoms. The number of amides is 2. The highest BCUT2D eigenvalue weighted by molar-refractivity contribution is 7.99. The number of carbonyl (C=O) groups is 2. The van der Waals surface area contributed by atoms with Crippen LogP contribution in [0, 0.1) is 0 Å². The SMILES string of the molecule is CCSc1ccccc1NC1CC(=O)N(C2CC2)C1=O. The number of hydrogen-bond acceptors (Lipinski definition) is 4. The topological polar surface area (TPSA) is 49.4 Å². The van der Waals surface area contributed by atoms with Gasteiger partial charge < -0.3 is 5.32 Å². The minimum atomic E-state index is -0.401. The third kappa shape index (κ3) is 2.54. The Morgan fingerprint density at radius 1 is 1.30 bits per heavy atom. The van der Waals surface area contributed by atoms with Crippen LogP contribution < -0.4 is 5.32 Å². The van der Waals surface area contributed by atoms with Crippen LogP contribution in [-0.4, -0.2) is 34.6 Å². The minimum absolute atomic E-state index is 0.0318. The molecule has 1 aromatic carbocycles. The first kappa shape index (κ1) is 13.5. The molecule has 2 amide bonds. The summed E-state index contributed by atoms with van der Waals surface area (Å²) >= 11 is 1.73. The number of nitrogens with one attached hydrogen (secondary N) is 1. The Bertz CT molecular complexity index is 542. The molecule has 1 unspecified atom stereocenters. The summed E-state index contributed by atoms with van der Waals surface area (Å²) in [6.07, 6.45) is 2.21. The van der Waals surface area contributed by atoms with Gasteiger partial charge in [-0.1, -0.05) is 19.1 Å². The van der Waals surface area contributed by atoms with Crippen molar-refractivity contribution in [2.75, 3.05) is 11.1 Å². The lowest BCUT2D eigenvalue weighted by Gasteiger charge is -2.17. The summed E-state index contributed by atoms with van der Waals surface area (Å²) < 4.78 is 0. The third-order valence-electron chi connectivity index (χ3n) is 3.61. The fourth-order valence-corrected chi connectivity index (χ4v) is 3.30. The van der Waals surface area contributed by atoms with Crippen molar-refractivity contribution in [2.24, 2.45) is 0 Å². The lowest BCUT2D eigenvalue weighted by atomic mass is 10.2. The highest BCUT2D eigenvalue weighted by atomic mass is 32.2. The summed E-state index contributed by atoms with van der Waals surface area (Å²) in [5, 5.41) is 3.25. The zero-order valence-corrected chi connectivity index (χ0v) is 12.3. The van der Waals surface area contributed by atoms with Crippen molar-refractivity contribution in [3.63, 3.8) is 0 Å². The second kappa shape index (κ2) is 5.48. The van der Waals surface area contributed by atoms with Gasteiger partial charge in [0.05, 0.1) is 6.42 Å². The molecule has 0 radical (unpaired) electrons. The van der Waals surface area contributed by atoms with Gasteiger partial charge >= 0.3 is 0 Å². The predicted molar refractivity (Wildman–Crippen MR) is 79.7 cm³/mol. The van der Waals surface area contributed by atoms with E-state index >= 15 is 0 Å². The van der Waals surface area contributed by atoms with Gasteiger partial charge in [-0.15, -0.1) is 11.8 Å². The molecule has 1 aliphatic carbocycles. The summed E-state index contributed by atoms with van der Waals surface area (Å²) in [4.78, 5) is 26.8. The third-order valence-corrected chi connectivity index (χ3v) is 4.57. The van der Waals surface area contributed by atoms with E-state index in [1.54, 1.807) is 11.8 Å². The number of thioether (sulfide) groups is 1. The molecule has 0 aromatic heterocycles. The number of para-hydroxylation sites is 1. The van der Waals surface area contributed by atoms with Crippen LogP contribution >= 0.6 is 11.8 Å². The Kier molecular flexibility index (Phi) is 3.70. The first-order valence-electron chi connectivity index (χ1n) is 7.05. The summed E-state index contributed by atoms with van der Waals surface area (Å²) in [5.41, 5.74) is 0.947. The number of benzene rings is 1. The summed E-state index contributed by atoms with van der Waals surface area (Å²) in [5.74, 6) is 0.884. The lowest BCUT2D eigenvalue weighted by Crippen LogP contribution is -2.36. The fourth-order valence-electron chi connectivity index (χ4n) is 2.54. The normalized spacial score (nSPS) is 22.4. The molecule has 3 rings (SSSR count). The molecule has 1 aliphatic heterocycles. The van der Waals surface area contributed by atoms with E-state index < -0.39 is 6.04 Å². The Morgan fingerprint density at radius 2 is 2.05 bits per heavy atom. The van der Waals surface area contributed by atoms with E-state index in [0.29, 0.717) is 0 Å². The van der Waals surface area contributed by atoms with Gasteiger partial charge in [-0.2, -0.15) is 0 Å². The highest BCUT2D eigenvalue weighted by Crippen LogP contribution is 2.33. The molecule has 2 fully saturated rings. The van der Waals surface area contributed by atoms with Crippen molar-refractivity contribution in [2.45, 2.75) is 43.2 Å². The van der Waals surface area contributed by atoms with E-state index in [4.69, 9.17) is 0 Å². The molecule has 1 saturated carbocycles. The summed E-state index contributed by atoms with van der Waals surface area (Å²) in [6.45, 7) is 2.10. The predicted octanol–water partition coefficient (Wildman–Crippen LogP) is 2.50. The molecule has 20 heavy (non-hydrogen) atoms. The van der Waals surface area contributed by atoms with E-state index in [2.05, 4.69) is 12.2 Å². The molecule has 4 nitrogen and oxygen atoms in total. The number of likely N-dealkylation sites (tertiary alicyclic amines) is 1. The maximum Gasteiger partial charge on any atom is 0.252 e. The van der Waals surface area contributed by atoms with Gasteiger partial charge in [-0.3, -0.25) is 14.5 Å². The molecule has 2 aliphatic rings. The van der Waals surface area contributed by atoms with Crippen molar-refractivity contribution in [1.82, 2.24) is 4.90 Å². The number of nitrogens with zero attached hydrogens (tertiary/aromatic N) is 1. The van der Waals surface area contributed by atoms with Gasteiger partial charge in [0, 0.05) is 16.6 Å². The van der Waals surface area contributed by atoms with E-state index in [1.807, 2.05) is 24.3 Å². The molecule has 1 heterocycles. The molecular weight excluding hydrogens is 272 g/mol. The van der Waals surface area contributed by atoms with Crippen LogP contribution in [0.15, 0.2) is 29.2 Å². The van der Waals surface area contributed by atoms with Gasteiger partial charge in [0.25, 0.3) is 5.91 Å². The second-order valence-corrected chi connectivity index (χ2v) is 6.47. The van der Waals surface area contributed by atoms with Crippen molar-refractivity contribution < 1.29 is 9.59 Å². The van der Waals surface area contributed by atoms with Crippen LogP contribution in [-0.2, 0) is 9.59 Å². The number of rotatable bonds is 5. The number of carbonyl (C=O) groups excluding carboxylic acids is 2. The van der Waals surface area contributed by atoms with Crippen LogP contribution in [0.3, 0.4) is 0 Å². The first-order valence-corrected chi connectivity index (χ1v) is 8.03. The second-order valence-electron chi connectivity index (χ2n) is 5.16. The maximum absolute atomic E-state index is 12.3. The minimum Gasteiger partial charge on any atom is -0.372 e. The van der Waals surface area contributed by atoms with Gasteiger partial charge in [0.2, 0.25) is 5.91 Å². The average Bonchev–Trinajstić information content (AvgIpc) is 3.21. The number of anilines is 1. The largest absolute Gasteiger partial charge is 0.372 e. The van der Waals surface area contributed by atoms with E-state index in [0.717, 1.165) is 29.2 Å². The maximum atomic E-state index is 12.3. The summed E-state index contributed by atoms with van der Waals surface area (Å²) in [7, 11) is 0. The Hall–Kier alpha value is -1.49. The molecule has 1 saturated heterocycles. The molecular formula is C15H18N2O2S. The van der Waals surface area contributed by atoms with Crippen LogP contribution in [0.2, 0.25) is 0 Å². The lowest BCUT2D eigenvalue weighted by molar-refractivity contribution is -0.139. The van der Waals surface area contributed by atoms with Crippen molar-refractivity contribution in [1.29, 1.82) is 0 Å². The van der Waals surface area contributed by atoms with Gasteiger partial charge in [-0.05, 0) is 30.7 Å². The fraction of sp³-hybridized carbons (Fsp3) is 0.467. The van der Waals surface area contributed by atoms with E-state index in [-0.39, 0.29) is 24.3 Å². The molecule has 5 heteroatoms. The average molecular weight is 290 g/mol. The van der Waals surface area contributed by atoms with Crippen LogP contribution in [0.25, 0.3) is 0 Å². The van der Waals surface area contributed by atoms with Crippen molar-refractivity contribution >= 4 is 29.3 Å². The van der Waals surface area contributed by atoms with Crippen LogP contribution in [0.5, 0.6) is 0 Å². The zero-order chi connectivity index (χ0) is 14.1. The van der Waals surface area contributed by atoms with Gasteiger partial charge in [-0.25, -0.2) is 0 Å². The first-order chi connectivity index (χ1) is 9.70. The number of hydrogen-bond donors (Lipinski definition) is 1. The van der Waals surface area contributed by atoms with Crippen molar-refractivity contribution in [3.05, 3.63) is 24.3 Å². The molecule has 1 aromatic rings. The van der Waals surface area contributed by atoms with E-state index in [9.17, 15) is 9.59 Å². The Morgan fingerprint density at radius 3 is 2.75 bits per heavy atom. The highest BCUT2D eigenvalue weighted by Gasteiger charge is 2.46. The van der Waals surface area contributed by atoms with Crippen LogP contribution in [0.1, 0.15) is 26.2 Å².